The maximum atomic E-state index is 14.6. The van der Waals surface area contributed by atoms with Crippen molar-refractivity contribution in [3.8, 4) is 0 Å². The molecule has 1 heterocycles. The lowest BCUT2D eigenvalue weighted by Crippen LogP contribution is -2.41. The van der Waals surface area contributed by atoms with Gasteiger partial charge in [0, 0.05) is 5.02 Å². The zero-order chi connectivity index (χ0) is 25.2. The molecule has 1 saturated heterocycles. The first-order valence-electron chi connectivity index (χ1n) is 12.4. The summed E-state index contributed by atoms with van der Waals surface area (Å²) >= 11 is 6.08. The molecule has 36 heavy (non-hydrogen) atoms. The lowest BCUT2D eigenvalue weighted by Gasteiger charge is -2.37. The van der Waals surface area contributed by atoms with Gasteiger partial charge in [-0.1, -0.05) is 85.6 Å². The van der Waals surface area contributed by atoms with Gasteiger partial charge in [0.05, 0.1) is 28.4 Å². The number of hydrogen-bond donors (Lipinski definition) is 0. The number of carbonyl (C=O) groups is 3. The molecule has 2 amide bonds. The van der Waals surface area contributed by atoms with Crippen LogP contribution in [0.3, 0.4) is 0 Å². The Labute approximate surface area is 215 Å². The maximum Gasteiger partial charge on any atom is 0.239 e. The molecule has 2 bridgehead atoms. The number of allylic oxidation sites excluding steroid dienone is 2. The number of anilines is 1. The Hall–Kier alpha value is -3.50. The van der Waals surface area contributed by atoms with Crippen molar-refractivity contribution in [3.05, 3.63) is 101 Å². The summed E-state index contributed by atoms with van der Waals surface area (Å²) in [6, 6.07) is 26.5. The van der Waals surface area contributed by atoms with Crippen molar-refractivity contribution in [2.24, 2.45) is 22.7 Å². The van der Waals surface area contributed by atoms with E-state index in [2.05, 4.69) is 0 Å². The number of ketones is 1. The van der Waals surface area contributed by atoms with Gasteiger partial charge in [0.25, 0.3) is 0 Å². The minimum atomic E-state index is -1.11. The van der Waals surface area contributed by atoms with Crippen molar-refractivity contribution in [3.63, 3.8) is 0 Å². The van der Waals surface area contributed by atoms with Crippen molar-refractivity contribution in [1.29, 1.82) is 0 Å². The van der Waals surface area contributed by atoms with E-state index in [1.54, 1.807) is 24.3 Å². The van der Waals surface area contributed by atoms with Gasteiger partial charge in [-0.25, -0.2) is 4.90 Å². The van der Waals surface area contributed by atoms with Gasteiger partial charge in [0.15, 0.2) is 5.78 Å². The van der Waals surface area contributed by atoms with Gasteiger partial charge in [-0.2, -0.15) is 0 Å². The highest BCUT2D eigenvalue weighted by Crippen LogP contribution is 2.74. The monoisotopic (exact) mass is 495 g/mol. The van der Waals surface area contributed by atoms with E-state index in [-0.39, 0.29) is 17.6 Å². The van der Waals surface area contributed by atoms with Gasteiger partial charge in [-0.15, -0.1) is 0 Å². The zero-order valence-corrected chi connectivity index (χ0v) is 21.0. The molecule has 0 spiro atoms. The van der Waals surface area contributed by atoms with Crippen molar-refractivity contribution in [2.75, 3.05) is 4.90 Å². The van der Waals surface area contributed by atoms with E-state index in [1.165, 1.54) is 4.90 Å². The standard InChI is InChI=1S/C31H26ClNO3/c1-3-18-31-24(20-12-8-5-9-13-20)23(19-10-6-4-7-11-19)30(2,29(31)36)25-26(31)28(35)33(27(25)34)22-16-14-21(32)15-17-22/h4-17,25-26H,3,18H2,1-2H3/t25-,26-,30-,31+/m0/s1. The van der Waals surface area contributed by atoms with Gasteiger partial charge in [-0.05, 0) is 59.9 Å². The number of hydrogen-bond acceptors (Lipinski definition) is 3. The van der Waals surface area contributed by atoms with E-state index in [1.807, 2.05) is 74.5 Å². The summed E-state index contributed by atoms with van der Waals surface area (Å²) in [5, 5.41) is 0.530. The Morgan fingerprint density at radius 2 is 1.28 bits per heavy atom. The third kappa shape index (κ3) is 2.74. The summed E-state index contributed by atoms with van der Waals surface area (Å²) < 4.78 is 0. The molecule has 0 unspecified atom stereocenters. The summed E-state index contributed by atoms with van der Waals surface area (Å²) in [7, 11) is 0. The molecule has 6 rings (SSSR count). The Morgan fingerprint density at radius 3 is 1.83 bits per heavy atom. The van der Waals surface area contributed by atoms with Crippen LogP contribution in [0.2, 0.25) is 5.02 Å². The Kier molecular flexibility index (Phi) is 5.10. The van der Waals surface area contributed by atoms with Crippen LogP contribution in [-0.2, 0) is 14.4 Å². The highest BCUT2D eigenvalue weighted by atomic mass is 35.5. The predicted molar refractivity (Wildman–Crippen MR) is 141 cm³/mol. The number of carbonyl (C=O) groups excluding carboxylic acids is 3. The summed E-state index contributed by atoms with van der Waals surface area (Å²) in [5.74, 6) is -2.08. The topological polar surface area (TPSA) is 54.5 Å². The van der Waals surface area contributed by atoms with Crippen molar-refractivity contribution >= 4 is 46.0 Å². The van der Waals surface area contributed by atoms with E-state index in [4.69, 9.17) is 11.6 Å². The average molecular weight is 496 g/mol. The molecule has 0 aromatic heterocycles. The fourth-order valence-corrected chi connectivity index (χ4v) is 7.33. The van der Waals surface area contributed by atoms with Crippen LogP contribution < -0.4 is 4.90 Å². The summed E-state index contributed by atoms with van der Waals surface area (Å²) in [5.41, 5.74) is 1.97. The van der Waals surface area contributed by atoms with Crippen LogP contribution in [0.4, 0.5) is 5.69 Å². The highest BCUT2D eigenvalue weighted by molar-refractivity contribution is 6.35. The SMILES string of the molecule is CCC[C@@]12C(=O)[C@@](C)(C(c3ccccc3)=C1c1ccccc1)[C@@H]1C(=O)N(c3ccc(Cl)cc3)C(=O)[C@H]12. The maximum absolute atomic E-state index is 14.6. The Bertz CT molecular complexity index is 1430. The lowest BCUT2D eigenvalue weighted by atomic mass is 9.61. The molecule has 3 aliphatic rings. The number of halogens is 1. The van der Waals surface area contributed by atoms with Gasteiger partial charge < -0.3 is 0 Å². The number of rotatable bonds is 5. The molecule has 5 heteroatoms. The van der Waals surface area contributed by atoms with E-state index in [9.17, 15) is 14.4 Å². The van der Waals surface area contributed by atoms with Crippen LogP contribution in [0.15, 0.2) is 84.9 Å². The minimum absolute atomic E-state index is 0.00186. The van der Waals surface area contributed by atoms with Gasteiger partial charge >= 0.3 is 0 Å². The fraction of sp³-hybridized carbons (Fsp3) is 0.258. The molecule has 0 radical (unpaired) electrons. The smallest absolute Gasteiger partial charge is 0.239 e. The molecule has 4 atom stereocenters. The average Bonchev–Trinajstić information content (AvgIpc) is 3.36. The molecule has 1 saturated carbocycles. The molecular weight excluding hydrogens is 470 g/mol. The van der Waals surface area contributed by atoms with Crippen molar-refractivity contribution in [1.82, 2.24) is 0 Å². The van der Waals surface area contributed by atoms with Crippen LogP contribution in [-0.4, -0.2) is 17.6 Å². The molecular formula is C31H26ClNO3. The number of benzene rings is 3. The van der Waals surface area contributed by atoms with Crippen LogP contribution in [0.1, 0.15) is 37.8 Å². The van der Waals surface area contributed by atoms with Crippen molar-refractivity contribution in [2.45, 2.75) is 26.7 Å². The van der Waals surface area contributed by atoms with Crippen molar-refractivity contribution < 1.29 is 14.4 Å². The van der Waals surface area contributed by atoms with Crippen LogP contribution in [0.5, 0.6) is 0 Å². The quantitative estimate of drug-likeness (QED) is 0.382. The highest BCUT2D eigenvalue weighted by Gasteiger charge is 2.79. The molecule has 2 aliphatic carbocycles. The number of fused-ring (bicyclic) bond motifs is 5. The largest absolute Gasteiger partial charge is 0.298 e. The number of imide groups is 1. The van der Waals surface area contributed by atoms with Gasteiger partial charge in [0.1, 0.15) is 0 Å². The summed E-state index contributed by atoms with van der Waals surface area (Å²) in [6.45, 7) is 3.92. The molecule has 0 N–H and O–H groups in total. The summed E-state index contributed by atoms with van der Waals surface area (Å²) in [6.07, 6.45) is 1.22. The van der Waals surface area contributed by atoms with E-state index < -0.39 is 22.7 Å². The van der Waals surface area contributed by atoms with E-state index >= 15 is 0 Å². The second-order valence-corrected chi connectivity index (χ2v) is 10.6. The van der Waals surface area contributed by atoms with Crippen LogP contribution in [0.25, 0.3) is 11.1 Å². The predicted octanol–water partition coefficient (Wildman–Crippen LogP) is 6.45. The number of amides is 2. The normalized spacial score (nSPS) is 28.9. The lowest BCUT2D eigenvalue weighted by molar-refractivity contribution is -0.134. The number of Topliss-reactive ketones (excluding diaryl/α,β-unsaturated/α-hetero) is 1. The van der Waals surface area contributed by atoms with Crippen LogP contribution >= 0.6 is 11.6 Å². The molecule has 3 aromatic rings. The first-order chi connectivity index (χ1) is 17.4. The first kappa shape index (κ1) is 22.9. The molecule has 1 aliphatic heterocycles. The third-order valence-corrected chi connectivity index (χ3v) is 8.66. The Balaban J connectivity index is 1.65. The van der Waals surface area contributed by atoms with Crippen LogP contribution in [0, 0.1) is 22.7 Å². The molecule has 2 fully saturated rings. The van der Waals surface area contributed by atoms with Gasteiger partial charge in [-0.3, -0.25) is 14.4 Å². The summed E-state index contributed by atoms with van der Waals surface area (Å²) in [4.78, 5) is 44.1. The first-order valence-corrected chi connectivity index (χ1v) is 12.8. The Morgan fingerprint density at radius 1 is 0.750 bits per heavy atom. The molecule has 3 aromatic carbocycles. The van der Waals surface area contributed by atoms with Gasteiger partial charge in [0.2, 0.25) is 11.8 Å². The van der Waals surface area contributed by atoms with E-state index in [0.29, 0.717) is 23.6 Å². The fourth-order valence-electron chi connectivity index (χ4n) is 7.20. The molecule has 180 valence electrons. The minimum Gasteiger partial charge on any atom is -0.298 e. The second kappa shape index (κ2) is 8.01. The zero-order valence-electron chi connectivity index (χ0n) is 20.2. The third-order valence-electron chi connectivity index (χ3n) is 8.41. The second-order valence-electron chi connectivity index (χ2n) is 10.2. The van der Waals surface area contributed by atoms with E-state index in [0.717, 1.165) is 22.3 Å². The number of nitrogens with zero attached hydrogens (tertiary/aromatic N) is 1. The molecule has 4 nitrogen and oxygen atoms in total.